The number of thioether (sulfide) groups is 1. The van der Waals surface area contributed by atoms with Crippen molar-refractivity contribution in [1.82, 2.24) is 0 Å². The van der Waals surface area contributed by atoms with Crippen LogP contribution in [0.1, 0.15) is 53.9 Å². The molecular formula is C14H29NS. The fourth-order valence-corrected chi connectivity index (χ4v) is 4.28. The van der Waals surface area contributed by atoms with Crippen molar-refractivity contribution >= 4 is 11.8 Å². The molecule has 2 heteroatoms. The minimum atomic E-state index is 0.468. The highest BCUT2D eigenvalue weighted by Crippen LogP contribution is 2.44. The molecule has 0 spiro atoms. The van der Waals surface area contributed by atoms with Crippen LogP contribution in [-0.2, 0) is 0 Å². The minimum Gasteiger partial charge on any atom is -0.330 e. The lowest BCUT2D eigenvalue weighted by Gasteiger charge is -2.42. The van der Waals surface area contributed by atoms with E-state index in [9.17, 15) is 0 Å². The summed E-state index contributed by atoms with van der Waals surface area (Å²) < 4.78 is 0. The summed E-state index contributed by atoms with van der Waals surface area (Å²) in [6.07, 6.45) is 4.08. The van der Waals surface area contributed by atoms with Gasteiger partial charge in [0.25, 0.3) is 0 Å². The first kappa shape index (κ1) is 14.4. The summed E-state index contributed by atoms with van der Waals surface area (Å²) in [5.41, 5.74) is 6.38. The third kappa shape index (κ3) is 3.96. The maximum atomic E-state index is 5.91. The number of hydrogen-bond acceptors (Lipinski definition) is 2. The van der Waals surface area contributed by atoms with Gasteiger partial charge in [-0.1, -0.05) is 34.6 Å². The summed E-state index contributed by atoms with van der Waals surface area (Å²) in [4.78, 5) is 0. The van der Waals surface area contributed by atoms with Crippen molar-refractivity contribution in [3.8, 4) is 0 Å². The molecule has 1 rings (SSSR count). The molecule has 0 bridgehead atoms. The van der Waals surface area contributed by atoms with Crippen molar-refractivity contribution in [3.05, 3.63) is 0 Å². The molecule has 96 valence electrons. The van der Waals surface area contributed by atoms with Crippen molar-refractivity contribution in [3.63, 3.8) is 0 Å². The van der Waals surface area contributed by atoms with Gasteiger partial charge in [-0.3, -0.25) is 0 Å². The van der Waals surface area contributed by atoms with Crippen LogP contribution in [0.5, 0.6) is 0 Å². The Kier molecular flexibility index (Phi) is 5.18. The van der Waals surface area contributed by atoms with Crippen LogP contribution in [0.4, 0.5) is 0 Å². The van der Waals surface area contributed by atoms with Crippen LogP contribution >= 0.6 is 11.8 Å². The SMILES string of the molecule is CC(C)SC1CC(C(C)(C)C)CCC1CN. The summed E-state index contributed by atoms with van der Waals surface area (Å²) in [7, 11) is 0. The highest BCUT2D eigenvalue weighted by molar-refractivity contribution is 8.00. The van der Waals surface area contributed by atoms with Crippen LogP contribution in [0.2, 0.25) is 0 Å². The molecular weight excluding hydrogens is 214 g/mol. The Morgan fingerprint density at radius 2 is 1.88 bits per heavy atom. The molecule has 1 aliphatic rings. The van der Waals surface area contributed by atoms with E-state index in [4.69, 9.17) is 5.73 Å². The molecule has 0 aromatic rings. The lowest BCUT2D eigenvalue weighted by molar-refractivity contribution is 0.157. The molecule has 3 unspecified atom stereocenters. The third-order valence-electron chi connectivity index (χ3n) is 3.90. The van der Waals surface area contributed by atoms with Gasteiger partial charge in [0.1, 0.15) is 0 Å². The van der Waals surface area contributed by atoms with Crippen LogP contribution < -0.4 is 5.73 Å². The maximum Gasteiger partial charge on any atom is 0.00927 e. The van der Waals surface area contributed by atoms with E-state index in [1.807, 2.05) is 0 Å². The monoisotopic (exact) mass is 243 g/mol. The van der Waals surface area contributed by atoms with Gasteiger partial charge in [0.15, 0.2) is 0 Å². The molecule has 0 radical (unpaired) electrons. The van der Waals surface area contributed by atoms with Gasteiger partial charge in [-0.05, 0) is 48.3 Å². The second-order valence-electron chi connectivity index (χ2n) is 6.60. The second-order valence-corrected chi connectivity index (χ2v) is 8.42. The second kappa shape index (κ2) is 5.77. The Morgan fingerprint density at radius 1 is 1.25 bits per heavy atom. The minimum absolute atomic E-state index is 0.468. The van der Waals surface area contributed by atoms with E-state index in [1.165, 1.54) is 19.3 Å². The quantitative estimate of drug-likeness (QED) is 0.813. The lowest BCUT2D eigenvalue weighted by atomic mass is 9.69. The number of hydrogen-bond donors (Lipinski definition) is 1. The van der Waals surface area contributed by atoms with Gasteiger partial charge in [-0.15, -0.1) is 0 Å². The Morgan fingerprint density at radius 3 is 2.31 bits per heavy atom. The predicted octanol–water partition coefficient (Wildman–Crippen LogP) is 3.92. The van der Waals surface area contributed by atoms with Gasteiger partial charge in [0.2, 0.25) is 0 Å². The standard InChI is InChI=1S/C14H29NS/c1-10(2)16-13-8-12(14(3,4)5)7-6-11(13)9-15/h10-13H,6-9,15H2,1-5H3. The molecule has 0 aromatic carbocycles. The number of rotatable bonds is 3. The van der Waals surface area contributed by atoms with Crippen molar-refractivity contribution < 1.29 is 0 Å². The Bertz CT molecular complexity index is 207. The largest absolute Gasteiger partial charge is 0.330 e. The summed E-state index contributed by atoms with van der Waals surface area (Å²) in [6.45, 7) is 12.6. The first-order chi connectivity index (χ1) is 7.34. The maximum absolute atomic E-state index is 5.91. The van der Waals surface area contributed by atoms with Crippen molar-refractivity contribution in [2.24, 2.45) is 23.0 Å². The highest BCUT2D eigenvalue weighted by atomic mass is 32.2. The third-order valence-corrected chi connectivity index (χ3v) is 5.37. The van der Waals surface area contributed by atoms with Gasteiger partial charge in [0.05, 0.1) is 0 Å². The van der Waals surface area contributed by atoms with Crippen LogP contribution in [0.15, 0.2) is 0 Å². The van der Waals surface area contributed by atoms with E-state index in [1.54, 1.807) is 0 Å². The molecule has 1 saturated carbocycles. The van der Waals surface area contributed by atoms with Crippen molar-refractivity contribution in [1.29, 1.82) is 0 Å². The Labute approximate surface area is 106 Å². The summed E-state index contributed by atoms with van der Waals surface area (Å²) in [5, 5.41) is 1.53. The van der Waals surface area contributed by atoms with Gasteiger partial charge < -0.3 is 5.73 Å². The van der Waals surface area contributed by atoms with Gasteiger partial charge in [0, 0.05) is 5.25 Å². The summed E-state index contributed by atoms with van der Waals surface area (Å²) >= 11 is 2.15. The zero-order valence-corrected chi connectivity index (χ0v) is 12.4. The normalized spacial score (nSPS) is 32.1. The van der Waals surface area contributed by atoms with Crippen molar-refractivity contribution in [2.75, 3.05) is 6.54 Å². The zero-order chi connectivity index (χ0) is 12.3. The summed E-state index contributed by atoms with van der Waals surface area (Å²) in [5.74, 6) is 1.64. The van der Waals surface area contributed by atoms with E-state index in [-0.39, 0.29) is 0 Å². The Hall–Kier alpha value is 0.310. The van der Waals surface area contributed by atoms with Crippen molar-refractivity contribution in [2.45, 2.75) is 64.4 Å². The molecule has 0 saturated heterocycles. The molecule has 3 atom stereocenters. The fraction of sp³-hybridized carbons (Fsp3) is 1.00. The molecule has 1 aliphatic carbocycles. The van der Waals surface area contributed by atoms with Gasteiger partial charge in [-0.2, -0.15) is 11.8 Å². The molecule has 1 fully saturated rings. The van der Waals surface area contributed by atoms with Crippen LogP contribution in [-0.4, -0.2) is 17.0 Å². The first-order valence-corrected chi connectivity index (χ1v) is 7.64. The predicted molar refractivity (Wildman–Crippen MR) is 75.9 cm³/mol. The molecule has 2 N–H and O–H groups in total. The van der Waals surface area contributed by atoms with E-state index < -0.39 is 0 Å². The molecule has 16 heavy (non-hydrogen) atoms. The Balaban J connectivity index is 2.61. The molecule has 0 aromatic heterocycles. The van der Waals surface area contributed by atoms with E-state index in [0.717, 1.165) is 28.9 Å². The fourth-order valence-electron chi connectivity index (χ4n) is 2.76. The van der Waals surface area contributed by atoms with E-state index in [0.29, 0.717) is 5.41 Å². The van der Waals surface area contributed by atoms with Gasteiger partial charge in [-0.25, -0.2) is 0 Å². The zero-order valence-electron chi connectivity index (χ0n) is 11.6. The molecule has 0 heterocycles. The molecule has 0 aliphatic heterocycles. The average Bonchev–Trinajstić information content (AvgIpc) is 2.15. The van der Waals surface area contributed by atoms with Crippen LogP contribution in [0, 0.1) is 17.3 Å². The van der Waals surface area contributed by atoms with Gasteiger partial charge >= 0.3 is 0 Å². The molecule has 1 nitrogen and oxygen atoms in total. The van der Waals surface area contributed by atoms with E-state index in [2.05, 4.69) is 46.4 Å². The average molecular weight is 243 g/mol. The first-order valence-electron chi connectivity index (χ1n) is 6.70. The highest BCUT2D eigenvalue weighted by Gasteiger charge is 2.35. The van der Waals surface area contributed by atoms with Crippen LogP contribution in [0.25, 0.3) is 0 Å². The molecule has 0 amide bonds. The summed E-state index contributed by atoms with van der Waals surface area (Å²) in [6, 6.07) is 0. The van der Waals surface area contributed by atoms with Crippen LogP contribution in [0.3, 0.4) is 0 Å². The topological polar surface area (TPSA) is 26.0 Å². The van der Waals surface area contributed by atoms with E-state index >= 15 is 0 Å². The smallest absolute Gasteiger partial charge is 0.00927 e. The lowest BCUT2D eigenvalue weighted by Crippen LogP contribution is -2.37. The number of nitrogens with two attached hydrogens (primary N) is 1.